The van der Waals surface area contributed by atoms with Crippen molar-refractivity contribution in [2.75, 3.05) is 13.1 Å². The van der Waals surface area contributed by atoms with E-state index in [-0.39, 0.29) is 5.91 Å². The molecule has 0 bridgehead atoms. The highest BCUT2D eigenvalue weighted by Crippen LogP contribution is 2.27. The zero-order chi connectivity index (χ0) is 16.1. The number of aromatic nitrogens is 3. The number of carbonyl (C=O) groups excluding carboxylic acids is 1. The first-order valence-corrected chi connectivity index (χ1v) is 9.19. The van der Waals surface area contributed by atoms with Gasteiger partial charge in [-0.2, -0.15) is 0 Å². The second-order valence-corrected chi connectivity index (χ2v) is 7.04. The van der Waals surface area contributed by atoms with Gasteiger partial charge in [-0.15, -0.1) is 5.10 Å². The molecule has 6 nitrogen and oxygen atoms in total. The van der Waals surface area contributed by atoms with Gasteiger partial charge in [0.25, 0.3) is 5.91 Å². The number of carbonyl (C=O) groups is 1. The summed E-state index contributed by atoms with van der Waals surface area (Å²) in [4.78, 5) is 12.4. The number of piperidine rings is 1. The van der Waals surface area contributed by atoms with Crippen molar-refractivity contribution in [3.8, 4) is 0 Å². The number of nitrogens with one attached hydrogen (secondary N) is 2. The molecule has 1 aliphatic carbocycles. The molecule has 23 heavy (non-hydrogen) atoms. The fraction of sp³-hybridized carbons (Fsp3) is 0.824. The molecule has 0 spiro atoms. The summed E-state index contributed by atoms with van der Waals surface area (Å²) in [6, 6.07) is 0.675. The first-order chi connectivity index (χ1) is 11.3. The Bertz CT molecular complexity index is 501. The molecule has 0 atom stereocenters. The van der Waals surface area contributed by atoms with Crippen molar-refractivity contribution >= 4 is 5.91 Å². The lowest BCUT2D eigenvalue weighted by Crippen LogP contribution is -2.37. The van der Waals surface area contributed by atoms with E-state index in [9.17, 15) is 4.79 Å². The average molecular weight is 319 g/mol. The molecule has 0 unspecified atom stereocenters. The predicted molar refractivity (Wildman–Crippen MR) is 89.3 cm³/mol. The van der Waals surface area contributed by atoms with E-state index in [0.717, 1.165) is 44.7 Å². The van der Waals surface area contributed by atoms with Crippen molar-refractivity contribution in [3.63, 3.8) is 0 Å². The van der Waals surface area contributed by atoms with Crippen LogP contribution in [0, 0.1) is 5.92 Å². The average Bonchev–Trinajstić information content (AvgIpc) is 3.08. The van der Waals surface area contributed by atoms with Crippen molar-refractivity contribution in [3.05, 3.63) is 11.9 Å². The van der Waals surface area contributed by atoms with Gasteiger partial charge in [-0.3, -0.25) is 4.79 Å². The van der Waals surface area contributed by atoms with Gasteiger partial charge in [0.1, 0.15) is 0 Å². The quantitative estimate of drug-likeness (QED) is 0.873. The molecule has 3 rings (SSSR count). The predicted octanol–water partition coefficient (Wildman–Crippen LogP) is 2.29. The first kappa shape index (κ1) is 16.4. The molecule has 0 radical (unpaired) electrons. The summed E-state index contributed by atoms with van der Waals surface area (Å²) in [6.07, 6.45) is 11.2. The van der Waals surface area contributed by atoms with Crippen molar-refractivity contribution in [2.24, 2.45) is 5.92 Å². The molecule has 1 aromatic heterocycles. The summed E-state index contributed by atoms with van der Waals surface area (Å²) >= 11 is 0. The maximum absolute atomic E-state index is 12.4. The molecule has 1 saturated carbocycles. The first-order valence-electron chi connectivity index (χ1n) is 9.19. The Hall–Kier alpha value is -1.43. The minimum absolute atomic E-state index is 0.0656. The third-order valence-electron chi connectivity index (χ3n) is 5.30. The highest BCUT2D eigenvalue weighted by Gasteiger charge is 2.24. The van der Waals surface area contributed by atoms with Gasteiger partial charge >= 0.3 is 0 Å². The topological polar surface area (TPSA) is 71.8 Å². The monoisotopic (exact) mass is 319 g/mol. The normalized spacial score (nSPS) is 26.1. The van der Waals surface area contributed by atoms with Crippen molar-refractivity contribution in [2.45, 2.75) is 70.4 Å². The van der Waals surface area contributed by atoms with Crippen LogP contribution in [0.4, 0.5) is 0 Å². The molecule has 2 heterocycles. The van der Waals surface area contributed by atoms with Crippen LogP contribution in [0.3, 0.4) is 0 Å². The Labute approximate surface area is 138 Å². The molecule has 128 valence electrons. The third kappa shape index (κ3) is 4.31. The van der Waals surface area contributed by atoms with Gasteiger partial charge in [-0.25, -0.2) is 4.68 Å². The maximum atomic E-state index is 12.4. The van der Waals surface area contributed by atoms with Crippen molar-refractivity contribution < 1.29 is 4.79 Å². The highest BCUT2D eigenvalue weighted by molar-refractivity contribution is 5.92. The van der Waals surface area contributed by atoms with Gasteiger partial charge < -0.3 is 10.6 Å². The van der Waals surface area contributed by atoms with Gasteiger partial charge in [0, 0.05) is 6.04 Å². The van der Waals surface area contributed by atoms with E-state index in [2.05, 4.69) is 27.9 Å². The number of hydrogen-bond acceptors (Lipinski definition) is 4. The Morgan fingerprint density at radius 3 is 2.70 bits per heavy atom. The second kappa shape index (κ2) is 7.90. The third-order valence-corrected chi connectivity index (χ3v) is 5.30. The van der Waals surface area contributed by atoms with Crippen LogP contribution >= 0.6 is 0 Å². The Morgan fingerprint density at radius 1 is 1.26 bits per heavy atom. The summed E-state index contributed by atoms with van der Waals surface area (Å²) in [7, 11) is 0. The lowest BCUT2D eigenvalue weighted by molar-refractivity contribution is 0.0916. The lowest BCUT2D eigenvalue weighted by Gasteiger charge is -2.28. The van der Waals surface area contributed by atoms with Crippen LogP contribution in [-0.2, 0) is 0 Å². The summed E-state index contributed by atoms with van der Waals surface area (Å²) in [5.74, 6) is 0.790. The van der Waals surface area contributed by atoms with Crippen LogP contribution in [0.15, 0.2) is 6.20 Å². The van der Waals surface area contributed by atoms with Crippen LogP contribution in [0.25, 0.3) is 0 Å². The van der Waals surface area contributed by atoms with Gasteiger partial charge in [0.05, 0.1) is 12.2 Å². The molecule has 0 aromatic carbocycles. The van der Waals surface area contributed by atoms with E-state index in [1.54, 1.807) is 0 Å². The van der Waals surface area contributed by atoms with E-state index in [1.807, 2.05) is 10.9 Å². The summed E-state index contributed by atoms with van der Waals surface area (Å²) in [5.41, 5.74) is 0.458. The van der Waals surface area contributed by atoms with Gasteiger partial charge in [-0.1, -0.05) is 25.0 Å². The molecule has 2 aliphatic rings. The fourth-order valence-electron chi connectivity index (χ4n) is 3.89. The van der Waals surface area contributed by atoms with Gasteiger partial charge in [0.2, 0.25) is 0 Å². The number of nitrogens with zero attached hydrogens (tertiary/aromatic N) is 3. The van der Waals surface area contributed by atoms with Crippen molar-refractivity contribution in [1.82, 2.24) is 25.6 Å². The van der Waals surface area contributed by atoms with Crippen LogP contribution in [-0.4, -0.2) is 40.0 Å². The number of hydrogen-bond donors (Lipinski definition) is 2. The fourth-order valence-corrected chi connectivity index (χ4v) is 3.89. The van der Waals surface area contributed by atoms with Gasteiger partial charge in [0.15, 0.2) is 5.69 Å². The zero-order valence-corrected chi connectivity index (χ0v) is 14.1. The molecule has 2 fully saturated rings. The highest BCUT2D eigenvalue weighted by atomic mass is 16.2. The van der Waals surface area contributed by atoms with E-state index in [4.69, 9.17) is 0 Å². The molecule has 1 aliphatic heterocycles. The Balaban J connectivity index is 1.50. The lowest BCUT2D eigenvalue weighted by atomic mass is 9.83. The van der Waals surface area contributed by atoms with E-state index in [1.165, 1.54) is 25.7 Å². The molecular weight excluding hydrogens is 290 g/mol. The number of amides is 1. The van der Waals surface area contributed by atoms with Crippen LogP contribution in [0.2, 0.25) is 0 Å². The smallest absolute Gasteiger partial charge is 0.273 e. The molecular formula is C17H29N5O. The minimum Gasteiger partial charge on any atom is -0.348 e. The minimum atomic E-state index is -0.0656. The van der Waals surface area contributed by atoms with E-state index in [0.29, 0.717) is 17.8 Å². The molecule has 6 heteroatoms. The van der Waals surface area contributed by atoms with E-state index < -0.39 is 0 Å². The molecule has 1 aromatic rings. The Kier molecular flexibility index (Phi) is 5.65. The van der Waals surface area contributed by atoms with Crippen LogP contribution in [0.1, 0.15) is 74.8 Å². The largest absolute Gasteiger partial charge is 0.348 e. The maximum Gasteiger partial charge on any atom is 0.273 e. The Morgan fingerprint density at radius 2 is 2.00 bits per heavy atom. The molecule has 2 N–H and O–H groups in total. The second-order valence-electron chi connectivity index (χ2n) is 7.04. The van der Waals surface area contributed by atoms with Gasteiger partial charge in [-0.05, 0) is 57.5 Å². The van der Waals surface area contributed by atoms with Crippen LogP contribution < -0.4 is 10.6 Å². The summed E-state index contributed by atoms with van der Waals surface area (Å²) in [6.45, 7) is 4.26. The zero-order valence-electron chi connectivity index (χ0n) is 14.1. The molecule has 1 amide bonds. The standard InChI is InChI=1S/C17H29N5O/c1-2-3-13-4-6-14(7-5-13)19-17(23)16-12-22(21-20-16)15-8-10-18-11-9-15/h12-15,18H,2-11H2,1H3,(H,19,23). The number of rotatable bonds is 5. The summed E-state index contributed by atoms with van der Waals surface area (Å²) < 4.78 is 1.87. The summed E-state index contributed by atoms with van der Waals surface area (Å²) in [5, 5.41) is 14.7. The van der Waals surface area contributed by atoms with E-state index >= 15 is 0 Å². The van der Waals surface area contributed by atoms with Crippen molar-refractivity contribution in [1.29, 1.82) is 0 Å². The molecule has 1 saturated heterocycles. The van der Waals surface area contributed by atoms with Crippen LogP contribution in [0.5, 0.6) is 0 Å². The SMILES string of the molecule is CCCC1CCC(NC(=O)c2cn(C3CCNCC3)nn2)CC1.